The van der Waals surface area contributed by atoms with Crippen LogP contribution >= 0.6 is 0 Å². The van der Waals surface area contributed by atoms with Crippen LogP contribution in [-0.4, -0.2) is 35.0 Å². The summed E-state index contributed by atoms with van der Waals surface area (Å²) >= 11 is 0. The number of hydrogen-bond donors (Lipinski definition) is 1. The SMILES string of the molecule is O=C(CCc1ccc(F)cc1)N1C[C@@H]2CCC[C@@]2(C(=O)O)C1. The summed E-state index contributed by atoms with van der Waals surface area (Å²) in [6, 6.07) is 6.14. The van der Waals surface area contributed by atoms with Crippen LogP contribution in [0.2, 0.25) is 0 Å². The first-order valence-electron chi connectivity index (χ1n) is 7.77. The minimum Gasteiger partial charge on any atom is -0.481 e. The van der Waals surface area contributed by atoms with Crippen molar-refractivity contribution in [1.29, 1.82) is 0 Å². The minimum absolute atomic E-state index is 0.000602. The van der Waals surface area contributed by atoms with E-state index in [2.05, 4.69) is 0 Å². The number of halogens is 1. The van der Waals surface area contributed by atoms with Gasteiger partial charge in [-0.15, -0.1) is 0 Å². The van der Waals surface area contributed by atoms with Gasteiger partial charge in [0.05, 0.1) is 5.41 Å². The number of likely N-dealkylation sites (tertiary alicyclic amines) is 1. The molecule has 0 unspecified atom stereocenters. The zero-order chi connectivity index (χ0) is 15.7. The third kappa shape index (κ3) is 2.60. The van der Waals surface area contributed by atoms with Crippen LogP contribution in [0.1, 0.15) is 31.2 Å². The standard InChI is InChI=1S/C17H20FNO3/c18-14-6-3-12(4-7-14)5-8-15(20)19-10-13-2-1-9-17(13,11-19)16(21)22/h3-4,6-7,13H,1-2,5,8-11H2,(H,21,22)/t13-,17+/m0/s1. The molecule has 1 heterocycles. The normalized spacial score (nSPS) is 27.0. The maximum atomic E-state index is 12.8. The third-order valence-electron chi connectivity index (χ3n) is 5.19. The Hall–Kier alpha value is -1.91. The van der Waals surface area contributed by atoms with Crippen molar-refractivity contribution < 1.29 is 19.1 Å². The van der Waals surface area contributed by atoms with E-state index in [1.54, 1.807) is 17.0 Å². The summed E-state index contributed by atoms with van der Waals surface area (Å²) in [6.45, 7) is 0.907. The number of hydrogen-bond acceptors (Lipinski definition) is 2. The molecule has 22 heavy (non-hydrogen) atoms. The van der Waals surface area contributed by atoms with Crippen molar-refractivity contribution in [3.8, 4) is 0 Å². The Morgan fingerprint density at radius 3 is 2.68 bits per heavy atom. The first-order chi connectivity index (χ1) is 10.5. The van der Waals surface area contributed by atoms with Crippen molar-refractivity contribution in [3.63, 3.8) is 0 Å². The highest BCUT2D eigenvalue weighted by molar-refractivity contribution is 5.81. The van der Waals surface area contributed by atoms with Crippen molar-refractivity contribution in [2.75, 3.05) is 13.1 Å². The van der Waals surface area contributed by atoms with Crippen molar-refractivity contribution in [1.82, 2.24) is 4.90 Å². The lowest BCUT2D eigenvalue weighted by Gasteiger charge is -2.23. The van der Waals surface area contributed by atoms with E-state index in [1.807, 2.05) is 0 Å². The molecule has 3 rings (SSSR count). The molecular formula is C17H20FNO3. The van der Waals surface area contributed by atoms with E-state index in [0.717, 1.165) is 18.4 Å². The van der Waals surface area contributed by atoms with E-state index in [9.17, 15) is 19.1 Å². The first-order valence-corrected chi connectivity index (χ1v) is 7.77. The molecule has 118 valence electrons. The smallest absolute Gasteiger partial charge is 0.311 e. The van der Waals surface area contributed by atoms with Crippen molar-refractivity contribution in [3.05, 3.63) is 35.6 Å². The molecule has 1 aliphatic heterocycles. The Kier molecular flexibility index (Phi) is 3.89. The molecule has 1 amide bonds. The van der Waals surface area contributed by atoms with Gasteiger partial charge in [-0.3, -0.25) is 9.59 Å². The summed E-state index contributed by atoms with van der Waals surface area (Å²) in [6.07, 6.45) is 3.41. The number of aliphatic carboxylic acids is 1. The number of amides is 1. The van der Waals surface area contributed by atoms with Gasteiger partial charge in [-0.1, -0.05) is 18.6 Å². The maximum Gasteiger partial charge on any atom is 0.311 e. The van der Waals surface area contributed by atoms with E-state index in [4.69, 9.17) is 0 Å². The predicted molar refractivity (Wildman–Crippen MR) is 78.7 cm³/mol. The molecule has 0 bridgehead atoms. The van der Waals surface area contributed by atoms with E-state index in [-0.39, 0.29) is 17.6 Å². The number of carbonyl (C=O) groups excluding carboxylic acids is 1. The molecule has 2 atom stereocenters. The number of carbonyl (C=O) groups is 2. The second-order valence-electron chi connectivity index (χ2n) is 6.45. The van der Waals surface area contributed by atoms with Crippen LogP contribution < -0.4 is 0 Å². The monoisotopic (exact) mass is 305 g/mol. The summed E-state index contributed by atoms with van der Waals surface area (Å²) in [5.74, 6) is -0.950. The van der Waals surface area contributed by atoms with Gasteiger partial charge in [0.25, 0.3) is 0 Å². The molecule has 0 radical (unpaired) electrons. The van der Waals surface area contributed by atoms with Gasteiger partial charge in [-0.2, -0.15) is 0 Å². The molecule has 0 spiro atoms. The van der Waals surface area contributed by atoms with E-state index < -0.39 is 11.4 Å². The van der Waals surface area contributed by atoms with Gasteiger partial charge in [-0.05, 0) is 42.9 Å². The molecule has 1 aromatic carbocycles. The van der Waals surface area contributed by atoms with Crippen LogP contribution in [-0.2, 0) is 16.0 Å². The third-order valence-corrected chi connectivity index (χ3v) is 5.19. The minimum atomic E-state index is -0.760. The molecule has 4 nitrogen and oxygen atoms in total. The molecule has 1 aromatic rings. The lowest BCUT2D eigenvalue weighted by atomic mass is 9.81. The Morgan fingerprint density at radius 2 is 2.05 bits per heavy atom. The molecule has 1 saturated carbocycles. The highest BCUT2D eigenvalue weighted by Gasteiger charge is 2.55. The number of fused-ring (bicyclic) bond motifs is 1. The fourth-order valence-corrected chi connectivity index (χ4v) is 3.89. The average Bonchev–Trinajstić information content (AvgIpc) is 3.04. The summed E-state index contributed by atoms with van der Waals surface area (Å²) < 4.78 is 12.8. The second kappa shape index (κ2) is 5.71. The number of benzene rings is 1. The Bertz CT molecular complexity index is 586. The Balaban J connectivity index is 1.60. The summed E-state index contributed by atoms with van der Waals surface area (Å²) in [5.41, 5.74) is 0.202. The molecule has 2 aliphatic rings. The molecule has 1 aliphatic carbocycles. The Labute approximate surface area is 128 Å². The average molecular weight is 305 g/mol. The van der Waals surface area contributed by atoms with Crippen LogP contribution in [0.5, 0.6) is 0 Å². The highest BCUT2D eigenvalue weighted by atomic mass is 19.1. The quantitative estimate of drug-likeness (QED) is 0.929. The van der Waals surface area contributed by atoms with Crippen LogP contribution in [0.15, 0.2) is 24.3 Å². The summed E-state index contributed by atoms with van der Waals surface area (Å²) in [5, 5.41) is 9.53. The molecule has 1 saturated heterocycles. The number of carboxylic acids is 1. The summed E-state index contributed by atoms with van der Waals surface area (Å²) in [7, 11) is 0. The first kappa shape index (κ1) is 15.0. The van der Waals surface area contributed by atoms with Gasteiger partial charge in [0.15, 0.2) is 0 Å². The zero-order valence-electron chi connectivity index (χ0n) is 12.4. The number of aryl methyl sites for hydroxylation is 1. The molecule has 5 heteroatoms. The molecule has 1 N–H and O–H groups in total. The van der Waals surface area contributed by atoms with E-state index >= 15 is 0 Å². The topological polar surface area (TPSA) is 57.6 Å². The lowest BCUT2D eigenvalue weighted by molar-refractivity contribution is -0.149. The second-order valence-corrected chi connectivity index (χ2v) is 6.45. The van der Waals surface area contributed by atoms with Crippen LogP contribution in [0, 0.1) is 17.2 Å². The summed E-state index contributed by atoms with van der Waals surface area (Å²) in [4.78, 5) is 25.7. The van der Waals surface area contributed by atoms with Crippen molar-refractivity contribution in [2.24, 2.45) is 11.3 Å². The maximum absolute atomic E-state index is 12.8. The van der Waals surface area contributed by atoms with E-state index in [0.29, 0.717) is 32.4 Å². The number of carboxylic acid groups (broad SMARTS) is 1. The predicted octanol–water partition coefficient (Wildman–Crippen LogP) is 2.47. The van der Waals surface area contributed by atoms with E-state index in [1.165, 1.54) is 12.1 Å². The van der Waals surface area contributed by atoms with Gasteiger partial charge in [0.2, 0.25) is 5.91 Å². The highest BCUT2D eigenvalue weighted by Crippen LogP contribution is 2.48. The van der Waals surface area contributed by atoms with Gasteiger partial charge in [0.1, 0.15) is 5.82 Å². The van der Waals surface area contributed by atoms with Gasteiger partial charge >= 0.3 is 5.97 Å². The zero-order valence-corrected chi connectivity index (χ0v) is 12.4. The fourth-order valence-electron chi connectivity index (χ4n) is 3.89. The van der Waals surface area contributed by atoms with Crippen LogP contribution in [0.4, 0.5) is 4.39 Å². The molecular weight excluding hydrogens is 285 g/mol. The van der Waals surface area contributed by atoms with Gasteiger partial charge in [0, 0.05) is 19.5 Å². The molecule has 2 fully saturated rings. The van der Waals surface area contributed by atoms with Gasteiger partial charge in [-0.25, -0.2) is 4.39 Å². The lowest BCUT2D eigenvalue weighted by Crippen LogP contribution is -2.37. The van der Waals surface area contributed by atoms with Crippen LogP contribution in [0.3, 0.4) is 0 Å². The number of rotatable bonds is 4. The van der Waals surface area contributed by atoms with Crippen molar-refractivity contribution >= 4 is 11.9 Å². The van der Waals surface area contributed by atoms with Gasteiger partial charge < -0.3 is 10.0 Å². The molecule has 0 aromatic heterocycles. The largest absolute Gasteiger partial charge is 0.481 e. The van der Waals surface area contributed by atoms with Crippen LogP contribution in [0.25, 0.3) is 0 Å². The number of nitrogens with zero attached hydrogens (tertiary/aromatic N) is 1. The Morgan fingerprint density at radius 1 is 1.32 bits per heavy atom. The fraction of sp³-hybridized carbons (Fsp3) is 0.529. The van der Waals surface area contributed by atoms with Crippen molar-refractivity contribution in [2.45, 2.75) is 32.1 Å².